The summed E-state index contributed by atoms with van der Waals surface area (Å²) in [6, 6.07) is -0.252. The van der Waals surface area contributed by atoms with E-state index in [1.165, 1.54) is 0 Å². The Morgan fingerprint density at radius 1 is 1.15 bits per heavy atom. The van der Waals surface area contributed by atoms with Gasteiger partial charge in [-0.2, -0.15) is 0 Å². The van der Waals surface area contributed by atoms with Crippen molar-refractivity contribution in [3.63, 3.8) is 0 Å². The Kier molecular flexibility index (Phi) is 8.38. The van der Waals surface area contributed by atoms with E-state index >= 15 is 0 Å². The van der Waals surface area contributed by atoms with E-state index in [0.717, 1.165) is 44.9 Å². The summed E-state index contributed by atoms with van der Waals surface area (Å²) in [5.74, 6) is -0.529. The number of aliphatic carboxylic acids is 1. The number of piperidine rings is 1. The highest BCUT2D eigenvalue weighted by Crippen LogP contribution is 2.32. The van der Waals surface area contributed by atoms with Gasteiger partial charge in [-0.25, -0.2) is 4.79 Å². The monoisotopic (exact) mass is 381 g/mol. The summed E-state index contributed by atoms with van der Waals surface area (Å²) in [6.07, 6.45) is 8.90. The molecule has 1 saturated carbocycles. The number of hydrogen-bond donors (Lipinski definition) is 3. The van der Waals surface area contributed by atoms with Crippen molar-refractivity contribution in [1.29, 1.82) is 0 Å². The minimum atomic E-state index is -0.802. The molecule has 0 aromatic heterocycles. The molecule has 154 valence electrons. The van der Waals surface area contributed by atoms with Gasteiger partial charge in [0.15, 0.2) is 0 Å². The second kappa shape index (κ2) is 10.5. The number of rotatable bonds is 8. The minimum Gasteiger partial charge on any atom is -0.481 e. The van der Waals surface area contributed by atoms with E-state index in [1.54, 1.807) is 0 Å². The Morgan fingerprint density at radius 3 is 2.56 bits per heavy atom. The molecule has 0 bridgehead atoms. The van der Waals surface area contributed by atoms with Gasteiger partial charge in [0.2, 0.25) is 5.91 Å². The van der Waals surface area contributed by atoms with Gasteiger partial charge in [0.25, 0.3) is 0 Å². The lowest BCUT2D eigenvalue weighted by Crippen LogP contribution is -2.63. The van der Waals surface area contributed by atoms with Crippen molar-refractivity contribution >= 4 is 17.9 Å². The highest BCUT2D eigenvalue weighted by atomic mass is 16.4. The molecule has 7 nitrogen and oxygen atoms in total. The Bertz CT molecular complexity index is 517. The average Bonchev–Trinajstić information content (AvgIpc) is 2.67. The predicted molar refractivity (Wildman–Crippen MR) is 103 cm³/mol. The third-order valence-corrected chi connectivity index (χ3v) is 5.86. The zero-order chi connectivity index (χ0) is 19.7. The fourth-order valence-electron chi connectivity index (χ4n) is 4.30. The van der Waals surface area contributed by atoms with Crippen LogP contribution in [0.25, 0.3) is 0 Å². The number of carbonyl (C=O) groups excluding carboxylic acids is 2. The van der Waals surface area contributed by atoms with Crippen LogP contribution in [0.15, 0.2) is 0 Å². The number of nitrogens with one attached hydrogen (secondary N) is 2. The van der Waals surface area contributed by atoms with E-state index in [2.05, 4.69) is 17.6 Å². The quantitative estimate of drug-likeness (QED) is 0.563. The summed E-state index contributed by atoms with van der Waals surface area (Å²) in [6.45, 7) is 3.99. The summed E-state index contributed by atoms with van der Waals surface area (Å²) in [5.41, 5.74) is -0.802. The molecule has 1 saturated heterocycles. The van der Waals surface area contributed by atoms with Crippen LogP contribution in [-0.2, 0) is 9.59 Å². The number of carboxylic acid groups (broad SMARTS) is 1. The molecule has 1 unspecified atom stereocenters. The minimum absolute atomic E-state index is 0.0212. The van der Waals surface area contributed by atoms with E-state index < -0.39 is 11.5 Å². The van der Waals surface area contributed by atoms with Gasteiger partial charge in [-0.15, -0.1) is 0 Å². The molecule has 2 aliphatic rings. The molecule has 3 N–H and O–H groups in total. The number of nitrogens with zero attached hydrogens (tertiary/aromatic N) is 1. The van der Waals surface area contributed by atoms with Gasteiger partial charge < -0.3 is 20.6 Å². The molecule has 0 aromatic carbocycles. The summed E-state index contributed by atoms with van der Waals surface area (Å²) >= 11 is 0. The molecule has 0 radical (unpaired) electrons. The molecule has 2 fully saturated rings. The molecule has 2 rings (SSSR count). The van der Waals surface area contributed by atoms with E-state index in [4.69, 9.17) is 5.11 Å². The first-order chi connectivity index (χ1) is 13.0. The van der Waals surface area contributed by atoms with Gasteiger partial charge in [-0.05, 0) is 44.4 Å². The van der Waals surface area contributed by atoms with Crippen molar-refractivity contribution in [3.8, 4) is 0 Å². The number of carboxylic acids is 1. The second-order valence-electron chi connectivity index (χ2n) is 8.07. The lowest BCUT2D eigenvalue weighted by Gasteiger charge is -2.43. The van der Waals surface area contributed by atoms with Crippen LogP contribution >= 0.6 is 0 Å². The number of hydrogen-bond acceptors (Lipinski definition) is 3. The first kappa shape index (κ1) is 21.5. The van der Waals surface area contributed by atoms with E-state index in [1.807, 2.05) is 4.90 Å². The summed E-state index contributed by atoms with van der Waals surface area (Å²) in [7, 11) is 0. The Balaban J connectivity index is 2.00. The van der Waals surface area contributed by atoms with E-state index in [0.29, 0.717) is 38.9 Å². The van der Waals surface area contributed by atoms with Crippen LogP contribution in [-0.4, -0.2) is 53.1 Å². The third-order valence-electron chi connectivity index (χ3n) is 5.86. The molecule has 1 aliphatic carbocycles. The molecule has 0 spiro atoms. The van der Waals surface area contributed by atoms with E-state index in [9.17, 15) is 14.4 Å². The maximum Gasteiger partial charge on any atom is 0.315 e. The molecule has 27 heavy (non-hydrogen) atoms. The van der Waals surface area contributed by atoms with Crippen LogP contribution in [0.3, 0.4) is 0 Å². The van der Waals surface area contributed by atoms with Crippen LogP contribution in [0.4, 0.5) is 4.79 Å². The normalized spacial score (nSPS) is 22.1. The maximum absolute atomic E-state index is 13.4. The molecular formula is C20H35N3O4. The average molecular weight is 382 g/mol. The molecule has 1 aliphatic heterocycles. The van der Waals surface area contributed by atoms with Crippen LogP contribution in [0.5, 0.6) is 0 Å². The molecule has 1 heterocycles. The maximum atomic E-state index is 13.4. The van der Waals surface area contributed by atoms with Crippen molar-refractivity contribution in [2.75, 3.05) is 19.6 Å². The van der Waals surface area contributed by atoms with Crippen molar-refractivity contribution in [3.05, 3.63) is 0 Å². The SMILES string of the molecule is CCCCNC(=O)NC1(C(=O)N2CCCC(CCC(=O)O)C2)CCCCC1. The number of urea groups is 1. The van der Waals surface area contributed by atoms with Crippen molar-refractivity contribution in [2.45, 2.75) is 83.1 Å². The van der Waals surface area contributed by atoms with Crippen molar-refractivity contribution in [1.82, 2.24) is 15.5 Å². The number of likely N-dealkylation sites (tertiary alicyclic amines) is 1. The number of amides is 3. The van der Waals surface area contributed by atoms with E-state index in [-0.39, 0.29) is 24.3 Å². The summed E-state index contributed by atoms with van der Waals surface area (Å²) < 4.78 is 0. The highest BCUT2D eigenvalue weighted by Gasteiger charge is 2.44. The van der Waals surface area contributed by atoms with Gasteiger partial charge in [0.05, 0.1) is 0 Å². The fraction of sp³-hybridized carbons (Fsp3) is 0.850. The first-order valence-corrected chi connectivity index (χ1v) is 10.5. The number of carbonyl (C=O) groups is 3. The second-order valence-corrected chi connectivity index (χ2v) is 8.07. The van der Waals surface area contributed by atoms with Crippen molar-refractivity contribution in [2.24, 2.45) is 5.92 Å². The zero-order valence-corrected chi connectivity index (χ0v) is 16.6. The molecule has 0 aromatic rings. The first-order valence-electron chi connectivity index (χ1n) is 10.5. The number of unbranched alkanes of at least 4 members (excludes halogenated alkanes) is 1. The van der Waals surface area contributed by atoms with Gasteiger partial charge in [0.1, 0.15) is 5.54 Å². The Hall–Kier alpha value is -1.79. The topological polar surface area (TPSA) is 98.7 Å². The fourth-order valence-corrected chi connectivity index (χ4v) is 4.30. The Morgan fingerprint density at radius 2 is 1.89 bits per heavy atom. The van der Waals surface area contributed by atoms with Crippen LogP contribution in [0.1, 0.15) is 77.6 Å². The lowest BCUT2D eigenvalue weighted by molar-refractivity contribution is -0.141. The van der Waals surface area contributed by atoms with Gasteiger partial charge >= 0.3 is 12.0 Å². The molecule has 7 heteroatoms. The highest BCUT2D eigenvalue weighted by molar-refractivity contribution is 5.91. The van der Waals surface area contributed by atoms with Crippen LogP contribution in [0.2, 0.25) is 0 Å². The molecule has 3 amide bonds. The van der Waals surface area contributed by atoms with Crippen molar-refractivity contribution < 1.29 is 19.5 Å². The Labute approximate surface area is 162 Å². The van der Waals surface area contributed by atoms with Gasteiger partial charge in [-0.1, -0.05) is 32.6 Å². The zero-order valence-electron chi connectivity index (χ0n) is 16.6. The summed E-state index contributed by atoms with van der Waals surface area (Å²) in [5, 5.41) is 14.8. The lowest BCUT2D eigenvalue weighted by atomic mass is 9.79. The third kappa shape index (κ3) is 6.40. The molecular weight excluding hydrogens is 346 g/mol. The largest absolute Gasteiger partial charge is 0.481 e. The standard InChI is InChI=1S/C20H35N3O4/c1-2-3-13-21-19(27)22-20(11-5-4-6-12-20)18(26)23-14-7-8-16(15-23)9-10-17(24)25/h16H,2-15H2,1H3,(H,24,25)(H2,21,22,27). The molecule has 1 atom stereocenters. The summed E-state index contributed by atoms with van der Waals surface area (Å²) in [4.78, 5) is 38.5. The van der Waals surface area contributed by atoms with Gasteiger partial charge in [-0.3, -0.25) is 9.59 Å². The van der Waals surface area contributed by atoms with Gasteiger partial charge in [0, 0.05) is 26.1 Å². The van der Waals surface area contributed by atoms with Crippen LogP contribution < -0.4 is 10.6 Å². The predicted octanol–water partition coefficient (Wildman–Crippen LogP) is 2.89. The smallest absolute Gasteiger partial charge is 0.315 e. The van der Waals surface area contributed by atoms with Crippen LogP contribution in [0, 0.1) is 5.92 Å².